The van der Waals surface area contributed by atoms with Crippen molar-refractivity contribution in [2.24, 2.45) is 0 Å². The van der Waals surface area contributed by atoms with Gasteiger partial charge in [0.05, 0.1) is 6.04 Å². The molecular formula is C15H21N3O. The molecule has 2 aliphatic heterocycles. The molecule has 1 atom stereocenters. The fraction of sp³-hybridized carbons (Fsp3) is 0.533. The van der Waals surface area contributed by atoms with Crippen molar-refractivity contribution in [1.82, 2.24) is 15.5 Å². The van der Waals surface area contributed by atoms with Crippen LogP contribution in [0.25, 0.3) is 0 Å². The van der Waals surface area contributed by atoms with E-state index in [9.17, 15) is 4.79 Å². The Labute approximate surface area is 114 Å². The van der Waals surface area contributed by atoms with Crippen LogP contribution in [-0.2, 0) is 0 Å². The van der Waals surface area contributed by atoms with Crippen molar-refractivity contribution in [3.63, 3.8) is 0 Å². The van der Waals surface area contributed by atoms with E-state index in [2.05, 4.69) is 46.7 Å². The number of rotatable bonds is 2. The second kappa shape index (κ2) is 5.21. The average molecular weight is 259 g/mol. The summed E-state index contributed by atoms with van der Waals surface area (Å²) in [6.45, 7) is 4.85. The first-order valence-corrected chi connectivity index (χ1v) is 7.09. The first kappa shape index (κ1) is 12.5. The Morgan fingerprint density at radius 3 is 2.79 bits per heavy atom. The molecule has 2 amide bonds. The Bertz CT molecular complexity index is 468. The van der Waals surface area contributed by atoms with Gasteiger partial charge < -0.3 is 15.5 Å². The molecule has 4 heteroatoms. The van der Waals surface area contributed by atoms with Gasteiger partial charge in [-0.2, -0.15) is 0 Å². The van der Waals surface area contributed by atoms with Crippen molar-refractivity contribution in [2.45, 2.75) is 31.8 Å². The predicted molar refractivity (Wildman–Crippen MR) is 75.0 cm³/mol. The van der Waals surface area contributed by atoms with Gasteiger partial charge in [0.15, 0.2) is 0 Å². The van der Waals surface area contributed by atoms with Crippen LogP contribution in [0.3, 0.4) is 0 Å². The van der Waals surface area contributed by atoms with Gasteiger partial charge in [0.2, 0.25) is 0 Å². The number of carbonyl (C=O) groups is 1. The number of piperidine rings is 1. The molecule has 102 valence electrons. The topological polar surface area (TPSA) is 44.4 Å². The molecule has 1 aromatic carbocycles. The van der Waals surface area contributed by atoms with E-state index in [4.69, 9.17) is 0 Å². The SMILES string of the molecule is Cc1cccc(C2CNC(=O)N2C2CCNCC2)c1. The van der Waals surface area contributed by atoms with Crippen LogP contribution in [0.1, 0.15) is 30.0 Å². The minimum Gasteiger partial charge on any atom is -0.336 e. The van der Waals surface area contributed by atoms with Gasteiger partial charge in [-0.05, 0) is 38.4 Å². The van der Waals surface area contributed by atoms with Crippen molar-refractivity contribution in [3.05, 3.63) is 35.4 Å². The first-order valence-electron chi connectivity index (χ1n) is 7.09. The van der Waals surface area contributed by atoms with Crippen LogP contribution in [0.15, 0.2) is 24.3 Å². The third-order valence-electron chi connectivity index (χ3n) is 4.15. The minimum atomic E-state index is 0.0957. The van der Waals surface area contributed by atoms with Crippen LogP contribution in [0.5, 0.6) is 0 Å². The Kier molecular flexibility index (Phi) is 3.42. The minimum absolute atomic E-state index is 0.0957. The van der Waals surface area contributed by atoms with Crippen molar-refractivity contribution in [2.75, 3.05) is 19.6 Å². The number of hydrogen-bond acceptors (Lipinski definition) is 2. The Balaban J connectivity index is 1.85. The molecule has 0 spiro atoms. The van der Waals surface area contributed by atoms with Crippen molar-refractivity contribution >= 4 is 6.03 Å². The van der Waals surface area contributed by atoms with Gasteiger partial charge in [-0.15, -0.1) is 0 Å². The van der Waals surface area contributed by atoms with Crippen LogP contribution >= 0.6 is 0 Å². The van der Waals surface area contributed by atoms with Gasteiger partial charge in [0.1, 0.15) is 0 Å². The second-order valence-electron chi connectivity index (χ2n) is 5.50. The summed E-state index contributed by atoms with van der Waals surface area (Å²) < 4.78 is 0. The van der Waals surface area contributed by atoms with Crippen LogP contribution in [0, 0.1) is 6.92 Å². The molecule has 19 heavy (non-hydrogen) atoms. The lowest BCUT2D eigenvalue weighted by Gasteiger charge is -2.35. The number of benzene rings is 1. The number of hydrogen-bond donors (Lipinski definition) is 2. The molecule has 1 aromatic rings. The van der Waals surface area contributed by atoms with Gasteiger partial charge in [-0.3, -0.25) is 0 Å². The fourth-order valence-electron chi connectivity index (χ4n) is 3.18. The van der Waals surface area contributed by atoms with Crippen LogP contribution in [-0.4, -0.2) is 36.6 Å². The number of nitrogens with zero attached hydrogens (tertiary/aromatic N) is 1. The summed E-state index contributed by atoms with van der Waals surface area (Å²) in [7, 11) is 0. The molecule has 0 aliphatic carbocycles. The number of urea groups is 1. The maximum atomic E-state index is 12.1. The van der Waals surface area contributed by atoms with E-state index in [0.29, 0.717) is 6.04 Å². The van der Waals surface area contributed by atoms with E-state index in [1.165, 1.54) is 11.1 Å². The second-order valence-corrected chi connectivity index (χ2v) is 5.50. The van der Waals surface area contributed by atoms with E-state index in [1.807, 2.05) is 0 Å². The zero-order valence-electron chi connectivity index (χ0n) is 11.4. The normalized spacial score (nSPS) is 24.6. The molecule has 1 unspecified atom stereocenters. The molecule has 0 bridgehead atoms. The summed E-state index contributed by atoms with van der Waals surface area (Å²) in [6, 6.07) is 9.16. The number of aryl methyl sites for hydroxylation is 1. The zero-order chi connectivity index (χ0) is 13.2. The highest BCUT2D eigenvalue weighted by atomic mass is 16.2. The Morgan fingerprint density at radius 1 is 1.26 bits per heavy atom. The summed E-state index contributed by atoms with van der Waals surface area (Å²) in [4.78, 5) is 14.2. The van der Waals surface area contributed by atoms with Crippen LogP contribution < -0.4 is 10.6 Å². The molecule has 2 aliphatic rings. The largest absolute Gasteiger partial charge is 0.336 e. The maximum Gasteiger partial charge on any atom is 0.318 e. The molecule has 3 rings (SSSR count). The van der Waals surface area contributed by atoms with Gasteiger partial charge in [-0.25, -0.2) is 4.79 Å². The molecule has 0 aromatic heterocycles. The van der Waals surface area contributed by atoms with Crippen molar-refractivity contribution < 1.29 is 4.79 Å². The Morgan fingerprint density at radius 2 is 2.05 bits per heavy atom. The standard InChI is InChI=1S/C15H21N3O/c1-11-3-2-4-12(9-11)14-10-17-15(19)18(14)13-5-7-16-8-6-13/h2-4,9,13-14,16H,5-8,10H2,1H3,(H,17,19). The van der Waals surface area contributed by atoms with E-state index in [1.54, 1.807) is 0 Å². The molecule has 4 nitrogen and oxygen atoms in total. The smallest absolute Gasteiger partial charge is 0.318 e. The lowest BCUT2D eigenvalue weighted by molar-refractivity contribution is 0.157. The summed E-state index contributed by atoms with van der Waals surface area (Å²) >= 11 is 0. The number of carbonyl (C=O) groups excluding carboxylic acids is 1. The summed E-state index contributed by atoms with van der Waals surface area (Å²) in [6.07, 6.45) is 2.10. The predicted octanol–water partition coefficient (Wildman–Crippen LogP) is 1.81. The fourth-order valence-corrected chi connectivity index (χ4v) is 3.18. The van der Waals surface area contributed by atoms with E-state index >= 15 is 0 Å². The van der Waals surface area contributed by atoms with E-state index in [-0.39, 0.29) is 12.1 Å². The highest BCUT2D eigenvalue weighted by molar-refractivity contribution is 5.77. The third-order valence-corrected chi connectivity index (χ3v) is 4.15. The lowest BCUT2D eigenvalue weighted by atomic mass is 9.99. The highest BCUT2D eigenvalue weighted by Gasteiger charge is 2.37. The maximum absolute atomic E-state index is 12.1. The van der Waals surface area contributed by atoms with Gasteiger partial charge in [0.25, 0.3) is 0 Å². The summed E-state index contributed by atoms with van der Waals surface area (Å²) in [5.74, 6) is 0. The summed E-state index contributed by atoms with van der Waals surface area (Å²) in [5.41, 5.74) is 2.50. The van der Waals surface area contributed by atoms with Gasteiger partial charge in [-0.1, -0.05) is 29.8 Å². The Hall–Kier alpha value is -1.55. The van der Waals surface area contributed by atoms with Crippen molar-refractivity contribution in [1.29, 1.82) is 0 Å². The molecule has 0 radical (unpaired) electrons. The van der Waals surface area contributed by atoms with Crippen LogP contribution in [0.2, 0.25) is 0 Å². The quantitative estimate of drug-likeness (QED) is 0.851. The monoisotopic (exact) mass is 259 g/mol. The average Bonchev–Trinajstić information content (AvgIpc) is 2.82. The lowest BCUT2D eigenvalue weighted by Crippen LogP contribution is -2.45. The van der Waals surface area contributed by atoms with Crippen molar-refractivity contribution in [3.8, 4) is 0 Å². The van der Waals surface area contributed by atoms with Gasteiger partial charge >= 0.3 is 6.03 Å². The number of nitrogens with one attached hydrogen (secondary N) is 2. The summed E-state index contributed by atoms with van der Waals surface area (Å²) in [5, 5.41) is 6.36. The van der Waals surface area contributed by atoms with Crippen LogP contribution in [0.4, 0.5) is 4.79 Å². The molecule has 0 saturated carbocycles. The highest BCUT2D eigenvalue weighted by Crippen LogP contribution is 2.30. The number of amides is 2. The molecule has 2 heterocycles. The molecule has 2 N–H and O–H groups in total. The molecule has 2 saturated heterocycles. The van der Waals surface area contributed by atoms with Gasteiger partial charge in [0, 0.05) is 12.6 Å². The zero-order valence-corrected chi connectivity index (χ0v) is 11.4. The van der Waals surface area contributed by atoms with E-state index < -0.39 is 0 Å². The first-order chi connectivity index (χ1) is 9.25. The molecule has 2 fully saturated rings. The third kappa shape index (κ3) is 2.45. The van der Waals surface area contributed by atoms with E-state index in [0.717, 1.165) is 32.5 Å². The molecular weight excluding hydrogens is 238 g/mol.